The lowest BCUT2D eigenvalue weighted by atomic mass is 10.2. The molecule has 1 aliphatic carbocycles. The fourth-order valence-electron chi connectivity index (χ4n) is 1.43. The van der Waals surface area contributed by atoms with Gasteiger partial charge >= 0.3 is 0 Å². The molecule has 0 aromatic carbocycles. The molecule has 0 saturated heterocycles. The van der Waals surface area contributed by atoms with E-state index in [1.54, 1.807) is 6.26 Å². The minimum absolute atomic E-state index is 0.722. The Hall–Kier alpha value is -1.57. The zero-order valence-electron chi connectivity index (χ0n) is 7.41. The standard InChI is InChI=1S/C11H10O2/c1-8-7-13-11-4-2-3-9(6-12)5-10(8)11/h3-7H,2H2,1H3. The molecule has 66 valence electrons. The summed E-state index contributed by atoms with van der Waals surface area (Å²) in [6, 6.07) is 0. The minimum atomic E-state index is 0.722. The van der Waals surface area contributed by atoms with Crippen molar-refractivity contribution in [2.45, 2.75) is 13.3 Å². The molecule has 0 radical (unpaired) electrons. The second-order valence-corrected chi connectivity index (χ2v) is 3.10. The molecule has 1 aliphatic rings. The van der Waals surface area contributed by atoms with E-state index in [4.69, 9.17) is 4.42 Å². The van der Waals surface area contributed by atoms with Crippen LogP contribution < -0.4 is 10.6 Å². The topological polar surface area (TPSA) is 30.2 Å². The Morgan fingerprint density at radius 2 is 2.31 bits per heavy atom. The van der Waals surface area contributed by atoms with Crippen molar-refractivity contribution in [1.82, 2.24) is 0 Å². The quantitative estimate of drug-likeness (QED) is 0.586. The van der Waals surface area contributed by atoms with E-state index < -0.39 is 0 Å². The summed E-state index contributed by atoms with van der Waals surface area (Å²) in [5.74, 6) is 0. The third-order valence-corrected chi connectivity index (χ3v) is 2.16. The fourth-order valence-corrected chi connectivity index (χ4v) is 1.43. The van der Waals surface area contributed by atoms with Gasteiger partial charge in [-0.25, -0.2) is 0 Å². The maximum atomic E-state index is 10.6. The van der Waals surface area contributed by atoms with Gasteiger partial charge < -0.3 is 4.42 Å². The predicted molar refractivity (Wildman–Crippen MR) is 50.4 cm³/mol. The van der Waals surface area contributed by atoms with E-state index in [-0.39, 0.29) is 0 Å². The zero-order chi connectivity index (χ0) is 9.26. The van der Waals surface area contributed by atoms with Crippen molar-refractivity contribution in [2.75, 3.05) is 0 Å². The van der Waals surface area contributed by atoms with Crippen LogP contribution in [0.1, 0.15) is 12.0 Å². The van der Waals surface area contributed by atoms with Gasteiger partial charge in [0.2, 0.25) is 0 Å². The first-order valence-corrected chi connectivity index (χ1v) is 4.22. The third-order valence-electron chi connectivity index (χ3n) is 2.16. The Labute approximate surface area is 75.9 Å². The number of allylic oxidation sites excluding steroid dienone is 2. The first-order chi connectivity index (χ1) is 6.31. The number of aryl methyl sites for hydroxylation is 1. The van der Waals surface area contributed by atoms with Crippen LogP contribution in [0.4, 0.5) is 0 Å². The van der Waals surface area contributed by atoms with E-state index in [1.165, 1.54) is 0 Å². The van der Waals surface area contributed by atoms with Gasteiger partial charge in [-0.05, 0) is 31.1 Å². The van der Waals surface area contributed by atoms with Crippen LogP contribution in [0.3, 0.4) is 0 Å². The molecule has 0 N–H and O–H groups in total. The number of carbonyl (C=O) groups is 1. The van der Waals surface area contributed by atoms with Crippen molar-refractivity contribution in [2.24, 2.45) is 0 Å². The summed E-state index contributed by atoms with van der Waals surface area (Å²) in [5, 5.41) is 1.02. The van der Waals surface area contributed by atoms with E-state index in [9.17, 15) is 4.79 Å². The Morgan fingerprint density at radius 3 is 3.08 bits per heavy atom. The molecule has 1 aromatic rings. The molecule has 0 saturated carbocycles. The lowest BCUT2D eigenvalue weighted by Crippen LogP contribution is -2.21. The van der Waals surface area contributed by atoms with Crippen LogP contribution in [0.2, 0.25) is 0 Å². The normalized spacial score (nSPS) is 14.7. The van der Waals surface area contributed by atoms with Gasteiger partial charge in [-0.1, -0.05) is 6.08 Å². The van der Waals surface area contributed by atoms with Gasteiger partial charge in [0, 0.05) is 10.8 Å². The smallest absolute Gasteiger partial charge is 0.149 e. The number of carbonyl (C=O) groups excluding carboxylic acids is 1. The van der Waals surface area contributed by atoms with Crippen LogP contribution >= 0.6 is 0 Å². The summed E-state index contributed by atoms with van der Waals surface area (Å²) in [6.07, 6.45) is 9.08. The molecule has 0 bridgehead atoms. The van der Waals surface area contributed by atoms with Gasteiger partial charge in [-0.2, -0.15) is 0 Å². The van der Waals surface area contributed by atoms with Crippen LogP contribution in [0, 0.1) is 6.92 Å². The largest absolute Gasteiger partial charge is 0.464 e. The number of furan rings is 1. The first kappa shape index (κ1) is 8.05. The van der Waals surface area contributed by atoms with E-state index in [2.05, 4.69) is 0 Å². The summed E-state index contributed by atoms with van der Waals surface area (Å²) >= 11 is 0. The monoisotopic (exact) mass is 174 g/mol. The Kier molecular flexibility index (Phi) is 1.89. The minimum Gasteiger partial charge on any atom is -0.464 e. The summed E-state index contributed by atoms with van der Waals surface area (Å²) in [6.45, 7) is 1.97. The van der Waals surface area contributed by atoms with Crippen LogP contribution in [0.15, 0.2) is 22.3 Å². The Bertz CT molecular complexity index is 475. The molecule has 1 heterocycles. The molecule has 2 rings (SSSR count). The van der Waals surface area contributed by atoms with E-state index in [0.717, 1.165) is 34.5 Å². The van der Waals surface area contributed by atoms with Gasteiger partial charge in [0.1, 0.15) is 11.7 Å². The molecule has 13 heavy (non-hydrogen) atoms. The molecule has 0 atom stereocenters. The second-order valence-electron chi connectivity index (χ2n) is 3.10. The van der Waals surface area contributed by atoms with Gasteiger partial charge in [-0.3, -0.25) is 4.79 Å². The third kappa shape index (κ3) is 1.35. The molecule has 0 unspecified atom stereocenters. The van der Waals surface area contributed by atoms with E-state index in [0.29, 0.717) is 0 Å². The highest BCUT2D eigenvalue weighted by atomic mass is 16.3. The Balaban J connectivity index is 2.74. The van der Waals surface area contributed by atoms with Crippen molar-refractivity contribution in [3.05, 3.63) is 34.1 Å². The van der Waals surface area contributed by atoms with Gasteiger partial charge in [0.15, 0.2) is 0 Å². The molecule has 2 heteroatoms. The van der Waals surface area contributed by atoms with E-state index >= 15 is 0 Å². The number of hydrogen-bond acceptors (Lipinski definition) is 2. The molecule has 0 spiro atoms. The molecule has 2 nitrogen and oxygen atoms in total. The van der Waals surface area contributed by atoms with Crippen molar-refractivity contribution < 1.29 is 9.21 Å². The van der Waals surface area contributed by atoms with Gasteiger partial charge in [0.05, 0.1) is 6.26 Å². The second kappa shape index (κ2) is 3.05. The molecular weight excluding hydrogens is 164 g/mol. The molecule has 0 fully saturated rings. The SMILES string of the molecule is Cc1coc2c1=CC(C=O)=CCC=2. The zero-order valence-corrected chi connectivity index (χ0v) is 7.41. The van der Waals surface area contributed by atoms with Crippen LogP contribution in [0.5, 0.6) is 0 Å². The summed E-state index contributed by atoms with van der Waals surface area (Å²) in [4.78, 5) is 10.6. The van der Waals surface area contributed by atoms with Crippen molar-refractivity contribution in [3.8, 4) is 0 Å². The average Bonchev–Trinajstić information content (AvgIpc) is 2.41. The van der Waals surface area contributed by atoms with Crippen LogP contribution in [-0.2, 0) is 4.79 Å². The Morgan fingerprint density at radius 1 is 1.46 bits per heavy atom. The predicted octanol–water partition coefficient (Wildman–Crippen LogP) is 0.678. The summed E-state index contributed by atoms with van der Waals surface area (Å²) < 4.78 is 5.32. The number of hydrogen-bond donors (Lipinski definition) is 0. The maximum Gasteiger partial charge on any atom is 0.149 e. The molecule has 1 aromatic heterocycles. The van der Waals surface area contributed by atoms with Gasteiger partial charge in [0.25, 0.3) is 0 Å². The molecule has 0 aliphatic heterocycles. The number of fused-ring (bicyclic) bond motifs is 1. The number of rotatable bonds is 1. The van der Waals surface area contributed by atoms with Crippen LogP contribution in [0.25, 0.3) is 12.2 Å². The fraction of sp³-hybridized carbons (Fsp3) is 0.182. The first-order valence-electron chi connectivity index (χ1n) is 4.22. The molecular formula is C11H10O2. The average molecular weight is 174 g/mol. The van der Waals surface area contributed by atoms with Crippen LogP contribution in [-0.4, -0.2) is 6.29 Å². The van der Waals surface area contributed by atoms with Crippen molar-refractivity contribution in [1.29, 1.82) is 0 Å². The lowest BCUT2D eigenvalue weighted by Gasteiger charge is -1.84. The lowest BCUT2D eigenvalue weighted by molar-refractivity contribution is -0.104. The van der Waals surface area contributed by atoms with E-state index in [1.807, 2.05) is 25.2 Å². The highest BCUT2D eigenvalue weighted by Gasteiger charge is 2.00. The molecule has 0 amide bonds. The van der Waals surface area contributed by atoms with Crippen molar-refractivity contribution >= 4 is 18.4 Å². The summed E-state index contributed by atoms with van der Waals surface area (Å²) in [5.41, 5.74) is 2.66. The van der Waals surface area contributed by atoms with Gasteiger partial charge in [-0.15, -0.1) is 0 Å². The maximum absolute atomic E-state index is 10.6. The highest BCUT2D eigenvalue weighted by Crippen LogP contribution is 1.99. The highest BCUT2D eigenvalue weighted by molar-refractivity contribution is 5.86. The number of aldehydes is 1. The van der Waals surface area contributed by atoms with Crippen molar-refractivity contribution in [3.63, 3.8) is 0 Å². The summed E-state index contributed by atoms with van der Waals surface area (Å²) in [7, 11) is 0.